The first-order chi connectivity index (χ1) is 17.1. The molecule has 5 nitrogen and oxygen atoms in total. The second kappa shape index (κ2) is 10.5. The van der Waals surface area contributed by atoms with E-state index in [-0.39, 0.29) is 41.3 Å². The Kier molecular flexibility index (Phi) is 7.97. The molecule has 5 heteroatoms. The normalized spacial score (nSPS) is 12.4. The number of phenols is 3. The third-order valence-corrected chi connectivity index (χ3v) is 6.93. The van der Waals surface area contributed by atoms with Gasteiger partial charge in [0, 0.05) is 6.42 Å². The summed E-state index contributed by atoms with van der Waals surface area (Å²) in [5.41, 5.74) is 3.34. The fourth-order valence-corrected chi connectivity index (χ4v) is 4.52. The summed E-state index contributed by atoms with van der Waals surface area (Å²) < 4.78 is 5.80. The van der Waals surface area contributed by atoms with Crippen molar-refractivity contribution < 1.29 is 24.9 Å². The molecule has 0 spiro atoms. The summed E-state index contributed by atoms with van der Waals surface area (Å²) in [5, 5.41) is 30.5. The van der Waals surface area contributed by atoms with Crippen molar-refractivity contribution in [2.75, 3.05) is 6.61 Å². The smallest absolute Gasteiger partial charge is 0.306 e. The van der Waals surface area contributed by atoms with E-state index in [4.69, 9.17) is 4.74 Å². The minimum absolute atomic E-state index is 0.109. The van der Waals surface area contributed by atoms with Crippen molar-refractivity contribution in [1.29, 1.82) is 0 Å². The van der Waals surface area contributed by atoms with Gasteiger partial charge in [0.25, 0.3) is 0 Å². The number of ether oxygens (including phenoxy) is 1. The predicted molar refractivity (Wildman–Crippen MR) is 147 cm³/mol. The Morgan fingerprint density at radius 2 is 1.11 bits per heavy atom. The zero-order valence-corrected chi connectivity index (χ0v) is 23.1. The summed E-state index contributed by atoms with van der Waals surface area (Å²) in [6.07, 6.45) is 0.708. The molecule has 0 atom stereocenters. The van der Waals surface area contributed by atoms with Crippen LogP contribution in [0.3, 0.4) is 0 Å². The second-order valence-corrected chi connectivity index (χ2v) is 12.1. The van der Waals surface area contributed by atoms with Crippen LogP contribution in [-0.4, -0.2) is 27.9 Å². The maximum Gasteiger partial charge on any atom is 0.306 e. The van der Waals surface area contributed by atoms with Crippen LogP contribution in [0.25, 0.3) is 0 Å². The number of phenolic OH excluding ortho intramolecular Hbond substituents is 3. The van der Waals surface area contributed by atoms with Gasteiger partial charge in [-0.15, -0.1) is 0 Å². The van der Waals surface area contributed by atoms with Gasteiger partial charge in [-0.1, -0.05) is 77.9 Å². The highest BCUT2D eigenvalue weighted by Crippen LogP contribution is 2.40. The van der Waals surface area contributed by atoms with Crippen LogP contribution in [0.2, 0.25) is 0 Å². The zero-order valence-electron chi connectivity index (χ0n) is 23.1. The Morgan fingerprint density at radius 1 is 0.703 bits per heavy atom. The van der Waals surface area contributed by atoms with Gasteiger partial charge in [-0.3, -0.25) is 4.79 Å². The highest BCUT2D eigenvalue weighted by molar-refractivity contribution is 5.70. The number of carbonyl (C=O) groups is 1. The zero-order chi connectivity index (χ0) is 27.6. The monoisotopic (exact) mass is 504 g/mol. The number of esters is 1. The number of aromatic hydroxyl groups is 3. The quantitative estimate of drug-likeness (QED) is 0.305. The van der Waals surface area contributed by atoms with E-state index in [2.05, 4.69) is 41.5 Å². The third kappa shape index (κ3) is 6.65. The fourth-order valence-electron chi connectivity index (χ4n) is 4.52. The molecule has 3 aromatic rings. The summed E-state index contributed by atoms with van der Waals surface area (Å²) in [4.78, 5) is 12.9. The highest BCUT2D eigenvalue weighted by atomic mass is 16.5. The van der Waals surface area contributed by atoms with E-state index in [9.17, 15) is 20.1 Å². The topological polar surface area (TPSA) is 87.0 Å². The van der Waals surface area contributed by atoms with E-state index in [1.165, 1.54) is 0 Å². The van der Waals surface area contributed by atoms with E-state index < -0.39 is 5.41 Å². The molecule has 3 aromatic carbocycles. The Morgan fingerprint density at radius 3 is 1.49 bits per heavy atom. The van der Waals surface area contributed by atoms with Crippen LogP contribution in [0.5, 0.6) is 17.2 Å². The lowest BCUT2D eigenvalue weighted by atomic mass is 9.77. The summed E-state index contributed by atoms with van der Waals surface area (Å²) in [6.45, 7) is 14.5. The van der Waals surface area contributed by atoms with Crippen LogP contribution in [0.4, 0.5) is 0 Å². The maximum absolute atomic E-state index is 12.9. The summed E-state index contributed by atoms with van der Waals surface area (Å²) in [6, 6.07) is 17.7. The molecular formula is C32H40O5. The first kappa shape index (κ1) is 28.1. The molecule has 0 fully saturated rings. The molecule has 3 N–H and O–H groups in total. The first-order valence-corrected chi connectivity index (χ1v) is 12.7. The number of benzene rings is 3. The van der Waals surface area contributed by atoms with Gasteiger partial charge >= 0.3 is 5.97 Å². The van der Waals surface area contributed by atoms with E-state index in [0.29, 0.717) is 12.2 Å². The summed E-state index contributed by atoms with van der Waals surface area (Å²) >= 11 is 0. The van der Waals surface area contributed by atoms with E-state index in [1.54, 1.807) is 24.3 Å². The number of carbonyl (C=O) groups excluding carboxylic acids is 1. The Hall–Kier alpha value is -3.47. The van der Waals surface area contributed by atoms with Crippen LogP contribution >= 0.6 is 0 Å². The van der Waals surface area contributed by atoms with Gasteiger partial charge in [-0.05, 0) is 76.3 Å². The van der Waals surface area contributed by atoms with Crippen LogP contribution in [-0.2, 0) is 32.2 Å². The Labute approximate surface area is 220 Å². The van der Waals surface area contributed by atoms with Crippen LogP contribution in [0, 0.1) is 0 Å². The largest absolute Gasteiger partial charge is 0.508 e. The standard InChI is InChI=1S/C32H40O5/c1-30(2,3)26-18-21(19-27(29(26)36)31(4,5)6)8-17-28(35)37-20-32(7,22-9-13-24(33)14-10-22)23-11-15-25(34)16-12-23/h9-16,18-19,33-34,36H,8,17,20H2,1-7H3. The molecule has 0 aliphatic rings. The van der Waals surface area contributed by atoms with Crippen LogP contribution in [0.1, 0.15) is 82.7 Å². The third-order valence-electron chi connectivity index (χ3n) is 6.93. The molecule has 0 unspecified atom stereocenters. The van der Waals surface area contributed by atoms with Crippen molar-refractivity contribution >= 4 is 5.97 Å². The SMILES string of the molecule is CC(C)(C)c1cc(CCC(=O)OCC(C)(c2ccc(O)cc2)c2ccc(O)cc2)cc(C(C)(C)C)c1O. The van der Waals surface area contributed by atoms with Crippen LogP contribution < -0.4 is 0 Å². The number of aryl methyl sites for hydroxylation is 1. The van der Waals surface area contributed by atoms with Gasteiger partial charge < -0.3 is 20.1 Å². The molecule has 0 heterocycles. The van der Waals surface area contributed by atoms with Gasteiger partial charge in [0.15, 0.2) is 0 Å². The lowest BCUT2D eigenvalue weighted by Gasteiger charge is -2.30. The molecule has 0 saturated carbocycles. The number of hydrogen-bond acceptors (Lipinski definition) is 5. The predicted octanol–water partition coefficient (Wildman–Crippen LogP) is 6.88. The molecule has 0 bridgehead atoms. The Balaban J connectivity index is 1.80. The Bertz CT molecular complexity index is 1150. The molecule has 0 aliphatic carbocycles. The average molecular weight is 505 g/mol. The number of hydrogen-bond donors (Lipinski definition) is 3. The van der Waals surface area contributed by atoms with Crippen molar-refractivity contribution in [2.24, 2.45) is 0 Å². The maximum atomic E-state index is 12.9. The van der Waals surface area contributed by atoms with E-state index in [0.717, 1.165) is 27.8 Å². The molecular weight excluding hydrogens is 464 g/mol. The van der Waals surface area contributed by atoms with Crippen molar-refractivity contribution in [3.63, 3.8) is 0 Å². The van der Waals surface area contributed by atoms with Gasteiger partial charge in [0.05, 0.1) is 5.41 Å². The van der Waals surface area contributed by atoms with Crippen molar-refractivity contribution in [1.82, 2.24) is 0 Å². The highest BCUT2D eigenvalue weighted by Gasteiger charge is 2.31. The molecule has 37 heavy (non-hydrogen) atoms. The van der Waals surface area contributed by atoms with E-state index >= 15 is 0 Å². The van der Waals surface area contributed by atoms with Crippen molar-refractivity contribution in [3.05, 3.63) is 88.5 Å². The first-order valence-electron chi connectivity index (χ1n) is 12.7. The average Bonchev–Trinajstić information content (AvgIpc) is 2.81. The summed E-state index contributed by atoms with van der Waals surface area (Å²) in [7, 11) is 0. The second-order valence-electron chi connectivity index (χ2n) is 12.1. The van der Waals surface area contributed by atoms with Gasteiger partial charge in [0.2, 0.25) is 0 Å². The molecule has 0 amide bonds. The summed E-state index contributed by atoms with van der Waals surface area (Å²) in [5.74, 6) is 0.329. The number of rotatable bonds is 7. The fraction of sp³-hybridized carbons (Fsp3) is 0.406. The van der Waals surface area contributed by atoms with Crippen molar-refractivity contribution in [2.45, 2.75) is 77.6 Å². The molecule has 0 saturated heterocycles. The molecule has 0 radical (unpaired) electrons. The lowest BCUT2D eigenvalue weighted by Crippen LogP contribution is -2.31. The van der Waals surface area contributed by atoms with E-state index in [1.807, 2.05) is 43.3 Å². The van der Waals surface area contributed by atoms with Crippen LogP contribution in [0.15, 0.2) is 60.7 Å². The molecule has 0 aromatic heterocycles. The molecule has 3 rings (SSSR count). The van der Waals surface area contributed by atoms with Crippen molar-refractivity contribution in [3.8, 4) is 17.2 Å². The van der Waals surface area contributed by atoms with Gasteiger partial charge in [0.1, 0.15) is 23.9 Å². The molecule has 198 valence electrons. The van der Waals surface area contributed by atoms with Gasteiger partial charge in [-0.2, -0.15) is 0 Å². The minimum Gasteiger partial charge on any atom is -0.508 e. The van der Waals surface area contributed by atoms with Gasteiger partial charge in [-0.25, -0.2) is 0 Å². The minimum atomic E-state index is -0.672. The lowest BCUT2D eigenvalue weighted by molar-refractivity contribution is -0.145. The molecule has 0 aliphatic heterocycles.